The fourth-order valence-electron chi connectivity index (χ4n) is 5.71. The maximum Gasteiger partial charge on any atom is 0.326 e. The Kier molecular flexibility index (Phi) is 16.3. The van der Waals surface area contributed by atoms with Crippen LogP contribution in [0.15, 0.2) is 54.7 Å². The Bertz CT molecular complexity index is 1860. The van der Waals surface area contributed by atoms with E-state index in [-0.39, 0.29) is 24.5 Å². The van der Waals surface area contributed by atoms with E-state index in [0.717, 1.165) is 10.9 Å². The number of aliphatic carboxylic acids is 2. The number of nitrogens with one attached hydrogen (secondary N) is 6. The van der Waals surface area contributed by atoms with Crippen LogP contribution in [-0.4, -0.2) is 110 Å². The molecular weight excluding hydrogens is 730 g/mol. The Morgan fingerprint density at radius 3 is 1.88 bits per heavy atom. The fourth-order valence-corrected chi connectivity index (χ4v) is 5.71. The molecule has 0 radical (unpaired) electrons. The van der Waals surface area contributed by atoms with Gasteiger partial charge in [-0.2, -0.15) is 0 Å². The lowest BCUT2D eigenvalue weighted by Crippen LogP contribution is -2.61. The number of benzene rings is 2. The number of amides is 5. The molecule has 0 aliphatic heterocycles. The van der Waals surface area contributed by atoms with E-state index in [9.17, 15) is 54.0 Å². The van der Waals surface area contributed by atoms with Crippen LogP contribution < -0.4 is 32.3 Å². The normalized spacial score (nSPS) is 15.0. The van der Waals surface area contributed by atoms with Gasteiger partial charge in [0.15, 0.2) is 0 Å². The monoisotopic (exact) mass is 781 g/mol. The van der Waals surface area contributed by atoms with Crippen molar-refractivity contribution in [1.29, 1.82) is 0 Å². The van der Waals surface area contributed by atoms with Crippen LogP contribution in [0.1, 0.15) is 51.7 Å². The minimum atomic E-state index is -1.76. The number of aliphatic hydroxyl groups excluding tert-OH is 1. The summed E-state index contributed by atoms with van der Waals surface area (Å²) in [7, 11) is 0. The molecular formula is C38H51N7O11. The fraction of sp³-hybridized carbons (Fsp3) is 0.447. The molecule has 0 aliphatic rings. The predicted octanol–water partition coefficient (Wildman–Crippen LogP) is -0.336. The zero-order chi connectivity index (χ0) is 41.7. The third kappa shape index (κ3) is 12.5. The van der Waals surface area contributed by atoms with E-state index in [0.29, 0.717) is 17.5 Å². The van der Waals surface area contributed by atoms with E-state index in [1.54, 1.807) is 58.2 Å². The topological polar surface area (TPSA) is 302 Å². The second-order valence-corrected chi connectivity index (χ2v) is 13.9. The highest BCUT2D eigenvalue weighted by Crippen LogP contribution is 2.20. The van der Waals surface area contributed by atoms with E-state index < -0.39 is 96.7 Å². The van der Waals surface area contributed by atoms with Gasteiger partial charge >= 0.3 is 11.9 Å². The molecule has 56 heavy (non-hydrogen) atoms. The number of fused-ring (bicyclic) bond motifs is 1. The quantitative estimate of drug-likeness (QED) is 0.0662. The van der Waals surface area contributed by atoms with Gasteiger partial charge in [-0.25, -0.2) is 4.79 Å². The van der Waals surface area contributed by atoms with Crippen LogP contribution in [0.2, 0.25) is 0 Å². The van der Waals surface area contributed by atoms with Crippen molar-refractivity contribution in [2.45, 2.75) is 89.6 Å². The number of hydrogen-bond acceptors (Lipinski definition) is 10. The first-order valence-electron chi connectivity index (χ1n) is 18.1. The molecule has 3 rings (SSSR count). The molecule has 18 nitrogen and oxygen atoms in total. The van der Waals surface area contributed by atoms with Crippen LogP contribution in [-0.2, 0) is 46.4 Å². The van der Waals surface area contributed by atoms with Gasteiger partial charge in [0.05, 0.1) is 19.1 Å². The lowest BCUT2D eigenvalue weighted by Gasteiger charge is -2.29. The van der Waals surface area contributed by atoms with Crippen molar-refractivity contribution in [3.05, 3.63) is 65.9 Å². The summed E-state index contributed by atoms with van der Waals surface area (Å²) in [4.78, 5) is 94.1. The van der Waals surface area contributed by atoms with Crippen LogP contribution in [0.25, 0.3) is 10.9 Å². The first kappa shape index (κ1) is 44.4. The predicted molar refractivity (Wildman–Crippen MR) is 203 cm³/mol. The smallest absolute Gasteiger partial charge is 0.326 e. The highest BCUT2D eigenvalue weighted by atomic mass is 16.4. The van der Waals surface area contributed by atoms with Crippen molar-refractivity contribution in [1.82, 2.24) is 31.6 Å². The third-order valence-electron chi connectivity index (χ3n) is 9.36. The molecule has 0 aliphatic carbocycles. The van der Waals surface area contributed by atoms with Gasteiger partial charge in [0.25, 0.3) is 0 Å². The second kappa shape index (κ2) is 20.6. The molecule has 0 bridgehead atoms. The van der Waals surface area contributed by atoms with Crippen molar-refractivity contribution in [3.8, 4) is 5.75 Å². The molecule has 12 N–H and O–H groups in total. The minimum absolute atomic E-state index is 0.0653. The van der Waals surface area contributed by atoms with Gasteiger partial charge < -0.3 is 57.7 Å². The van der Waals surface area contributed by atoms with Crippen molar-refractivity contribution in [2.24, 2.45) is 17.6 Å². The van der Waals surface area contributed by atoms with E-state index in [1.165, 1.54) is 24.3 Å². The molecule has 18 heteroatoms. The van der Waals surface area contributed by atoms with Crippen molar-refractivity contribution >= 4 is 52.4 Å². The number of nitrogens with two attached hydrogens (primary N) is 1. The average Bonchev–Trinajstić information content (AvgIpc) is 3.57. The summed E-state index contributed by atoms with van der Waals surface area (Å²) in [6.07, 6.45) is 0.642. The number of aromatic hydroxyl groups is 1. The molecule has 0 saturated carbocycles. The zero-order valence-corrected chi connectivity index (χ0v) is 31.6. The summed E-state index contributed by atoms with van der Waals surface area (Å²) >= 11 is 0. The number of carbonyl (C=O) groups is 7. The van der Waals surface area contributed by atoms with Crippen LogP contribution in [0.4, 0.5) is 0 Å². The summed E-state index contributed by atoms with van der Waals surface area (Å²) < 4.78 is 0. The molecule has 5 amide bonds. The number of H-pyrrole nitrogens is 1. The lowest BCUT2D eigenvalue weighted by molar-refractivity contribution is -0.143. The van der Waals surface area contributed by atoms with Crippen LogP contribution in [0.3, 0.4) is 0 Å². The number of hydrogen-bond donors (Lipinski definition) is 11. The first-order chi connectivity index (χ1) is 26.4. The molecule has 0 saturated heterocycles. The highest BCUT2D eigenvalue weighted by molar-refractivity contribution is 5.97. The Labute approximate surface area is 323 Å². The zero-order valence-electron chi connectivity index (χ0n) is 31.6. The average molecular weight is 782 g/mol. The maximum atomic E-state index is 13.9. The summed E-state index contributed by atoms with van der Waals surface area (Å²) in [5.74, 6) is -8.45. The number of carboxylic acids is 2. The Morgan fingerprint density at radius 2 is 1.29 bits per heavy atom. The number of aliphatic hydroxyl groups is 1. The molecule has 0 spiro atoms. The molecule has 3 aromatic rings. The van der Waals surface area contributed by atoms with E-state index >= 15 is 0 Å². The summed E-state index contributed by atoms with van der Waals surface area (Å²) in [6, 6.07) is 4.23. The second-order valence-electron chi connectivity index (χ2n) is 13.9. The molecule has 0 unspecified atom stereocenters. The molecule has 2 aromatic carbocycles. The summed E-state index contributed by atoms with van der Waals surface area (Å²) in [5, 5.41) is 52.1. The number of carbonyl (C=O) groups excluding carboxylic acids is 5. The Balaban J connectivity index is 1.84. The summed E-state index contributed by atoms with van der Waals surface area (Å²) in [6.45, 7) is 5.87. The third-order valence-corrected chi connectivity index (χ3v) is 9.36. The number of aromatic nitrogens is 1. The Hall–Kier alpha value is -6.01. The number of carboxylic acid groups (broad SMARTS) is 2. The van der Waals surface area contributed by atoms with Crippen LogP contribution in [0.5, 0.6) is 5.75 Å². The van der Waals surface area contributed by atoms with Crippen molar-refractivity contribution < 1.29 is 54.0 Å². The Morgan fingerprint density at radius 1 is 0.714 bits per heavy atom. The largest absolute Gasteiger partial charge is 0.508 e. The van der Waals surface area contributed by atoms with Gasteiger partial charge in [0, 0.05) is 29.9 Å². The standard InChI is InChI=1S/C38H51N7O11/c1-5-20(4)32(37(54)42-27(16-30(48)49)33(50)43-28(38(55)56)15-22-17-40-25-9-7-6-8-24(22)25)45-34(51)26(14-21-10-12-23(47)13-11-21)41-35(52)29(18-46)44-36(53)31(39)19(2)3/h6-13,17,19-20,26-29,31-32,40,46-47H,5,14-16,18,39H2,1-4H3,(H,41,52)(H,42,54)(H,43,50)(H,44,53)(H,45,51)(H,48,49)(H,55,56)/t20-,26-,27-,28-,29-,31-,32-/m0/s1. The number of phenolic OH excluding ortho intramolecular Hbond substituents is 1. The lowest BCUT2D eigenvalue weighted by atomic mass is 9.96. The van der Waals surface area contributed by atoms with Gasteiger partial charge in [0.1, 0.15) is 36.0 Å². The van der Waals surface area contributed by atoms with Crippen molar-refractivity contribution in [2.75, 3.05) is 6.61 Å². The molecule has 0 fully saturated rings. The van der Waals surface area contributed by atoms with Gasteiger partial charge in [0.2, 0.25) is 29.5 Å². The van der Waals surface area contributed by atoms with Gasteiger partial charge in [-0.15, -0.1) is 0 Å². The first-order valence-corrected chi connectivity index (χ1v) is 18.1. The molecule has 1 heterocycles. The SMILES string of the molecule is CC[C@H](C)[C@H](NC(=O)[C@H](Cc1ccc(O)cc1)NC(=O)[C@H](CO)NC(=O)[C@@H](N)C(C)C)C(=O)N[C@@H](CC(=O)O)C(=O)N[C@@H](Cc1c[nH]c2ccccc12)C(=O)O. The van der Waals surface area contributed by atoms with Gasteiger partial charge in [-0.05, 0) is 41.2 Å². The van der Waals surface area contributed by atoms with Crippen LogP contribution in [0, 0.1) is 11.8 Å². The number of phenols is 1. The van der Waals surface area contributed by atoms with Gasteiger partial charge in [-0.3, -0.25) is 28.8 Å². The van der Waals surface area contributed by atoms with Gasteiger partial charge in [-0.1, -0.05) is 64.4 Å². The molecule has 304 valence electrons. The van der Waals surface area contributed by atoms with Crippen LogP contribution >= 0.6 is 0 Å². The highest BCUT2D eigenvalue weighted by Gasteiger charge is 2.35. The molecule has 7 atom stereocenters. The van der Waals surface area contributed by atoms with Crippen molar-refractivity contribution in [3.63, 3.8) is 0 Å². The van der Waals surface area contributed by atoms with E-state index in [4.69, 9.17) is 5.73 Å². The number of para-hydroxylation sites is 1. The maximum absolute atomic E-state index is 13.9. The van der Waals surface area contributed by atoms with E-state index in [1.807, 2.05) is 0 Å². The minimum Gasteiger partial charge on any atom is -0.508 e. The molecule has 1 aromatic heterocycles. The summed E-state index contributed by atoms with van der Waals surface area (Å²) in [5.41, 5.74) is 7.67. The number of aromatic amines is 1. The van der Waals surface area contributed by atoms with E-state index in [2.05, 4.69) is 31.6 Å². The number of rotatable bonds is 21.